The van der Waals surface area contributed by atoms with E-state index >= 15 is 0 Å². The molecule has 0 heterocycles. The standard InChI is InChI=1S/C17H23ClO2/c1-4-6-8-9-10-12-13-16(18)17(20-15(3)19)14-11-7-5-2/h2,6-8,10-12,16-17H,4,9,13-14H2,1,3H3/b8-6-,11-7-,12-10-. The van der Waals surface area contributed by atoms with Crippen molar-refractivity contribution in [3.63, 3.8) is 0 Å². The van der Waals surface area contributed by atoms with Gasteiger partial charge in [-0.3, -0.25) is 4.79 Å². The summed E-state index contributed by atoms with van der Waals surface area (Å²) in [5.41, 5.74) is 0. The van der Waals surface area contributed by atoms with Crippen LogP contribution in [0.1, 0.15) is 39.5 Å². The summed E-state index contributed by atoms with van der Waals surface area (Å²) in [4.78, 5) is 11.1. The second kappa shape index (κ2) is 12.6. The van der Waals surface area contributed by atoms with Gasteiger partial charge in [0.05, 0.1) is 5.38 Å². The normalized spacial score (nSPS) is 14.7. The largest absolute Gasteiger partial charge is 0.461 e. The van der Waals surface area contributed by atoms with E-state index in [0.29, 0.717) is 12.8 Å². The van der Waals surface area contributed by atoms with Crippen LogP contribution in [0.4, 0.5) is 0 Å². The third-order valence-corrected chi connectivity index (χ3v) is 2.96. The lowest BCUT2D eigenvalue weighted by Crippen LogP contribution is -2.26. The van der Waals surface area contributed by atoms with Crippen LogP contribution in [0.5, 0.6) is 0 Å². The summed E-state index contributed by atoms with van der Waals surface area (Å²) >= 11 is 6.28. The Labute approximate surface area is 127 Å². The first-order valence-corrected chi connectivity index (χ1v) is 7.27. The van der Waals surface area contributed by atoms with Crippen molar-refractivity contribution in [1.82, 2.24) is 0 Å². The van der Waals surface area contributed by atoms with Crippen LogP contribution in [0.15, 0.2) is 36.5 Å². The molecule has 0 aliphatic rings. The fourth-order valence-electron chi connectivity index (χ4n) is 1.57. The maximum Gasteiger partial charge on any atom is 0.302 e. The molecule has 2 nitrogen and oxygen atoms in total. The predicted octanol–water partition coefficient (Wildman–Crippen LogP) is 4.41. The van der Waals surface area contributed by atoms with Gasteiger partial charge >= 0.3 is 5.97 Å². The number of hydrogen-bond acceptors (Lipinski definition) is 2. The predicted molar refractivity (Wildman–Crippen MR) is 85.6 cm³/mol. The van der Waals surface area contributed by atoms with Gasteiger partial charge in [-0.2, -0.15) is 0 Å². The maximum atomic E-state index is 11.1. The SMILES string of the molecule is C#C/C=C\CC(OC(C)=O)C(Cl)C/C=C\C/C=C\CC. The highest BCUT2D eigenvalue weighted by molar-refractivity contribution is 6.21. The molecule has 0 aliphatic heterocycles. The van der Waals surface area contributed by atoms with Crippen LogP contribution in [-0.2, 0) is 9.53 Å². The first-order chi connectivity index (χ1) is 9.61. The molecule has 0 saturated heterocycles. The molecule has 0 spiro atoms. The van der Waals surface area contributed by atoms with Crippen molar-refractivity contribution in [1.29, 1.82) is 0 Å². The van der Waals surface area contributed by atoms with Gasteiger partial charge in [0.15, 0.2) is 0 Å². The van der Waals surface area contributed by atoms with Gasteiger partial charge in [-0.1, -0.05) is 43.2 Å². The molecule has 2 atom stereocenters. The van der Waals surface area contributed by atoms with Crippen LogP contribution in [0.2, 0.25) is 0 Å². The molecule has 0 aliphatic carbocycles. The Kier molecular flexibility index (Phi) is 11.7. The summed E-state index contributed by atoms with van der Waals surface area (Å²) in [5, 5.41) is -0.257. The lowest BCUT2D eigenvalue weighted by Gasteiger charge is -2.19. The van der Waals surface area contributed by atoms with Gasteiger partial charge in [0.1, 0.15) is 6.10 Å². The second-order valence-electron chi connectivity index (χ2n) is 4.29. The van der Waals surface area contributed by atoms with E-state index in [1.54, 1.807) is 12.2 Å². The zero-order valence-corrected chi connectivity index (χ0v) is 13.0. The number of esters is 1. The second-order valence-corrected chi connectivity index (χ2v) is 4.85. The summed E-state index contributed by atoms with van der Waals surface area (Å²) in [5.74, 6) is 2.07. The summed E-state index contributed by atoms with van der Waals surface area (Å²) < 4.78 is 5.22. The number of ether oxygens (including phenoxy) is 1. The van der Waals surface area contributed by atoms with Crippen molar-refractivity contribution in [3.8, 4) is 12.3 Å². The molecular formula is C17H23ClO2. The Hall–Kier alpha value is -1.46. The van der Waals surface area contributed by atoms with Crippen LogP contribution in [0.3, 0.4) is 0 Å². The summed E-state index contributed by atoms with van der Waals surface area (Å²) in [7, 11) is 0. The van der Waals surface area contributed by atoms with Crippen LogP contribution < -0.4 is 0 Å². The summed E-state index contributed by atoms with van der Waals surface area (Å²) in [6.45, 7) is 3.48. The smallest absolute Gasteiger partial charge is 0.302 e. The van der Waals surface area contributed by atoms with E-state index in [1.165, 1.54) is 6.92 Å². The molecule has 0 rings (SSSR count). The third kappa shape index (κ3) is 10.5. The van der Waals surface area contributed by atoms with Crippen molar-refractivity contribution in [3.05, 3.63) is 36.5 Å². The van der Waals surface area contributed by atoms with E-state index in [9.17, 15) is 4.79 Å². The molecule has 0 aromatic carbocycles. The monoisotopic (exact) mass is 294 g/mol. The first-order valence-electron chi connectivity index (χ1n) is 6.84. The Morgan fingerprint density at radius 2 is 1.95 bits per heavy atom. The molecular weight excluding hydrogens is 272 g/mol. The van der Waals surface area contributed by atoms with Gasteiger partial charge < -0.3 is 4.74 Å². The molecule has 0 fully saturated rings. The number of carbonyl (C=O) groups excluding carboxylic acids is 1. The Morgan fingerprint density at radius 3 is 2.55 bits per heavy atom. The van der Waals surface area contributed by atoms with E-state index in [4.69, 9.17) is 22.8 Å². The van der Waals surface area contributed by atoms with Crippen molar-refractivity contribution in [2.75, 3.05) is 0 Å². The van der Waals surface area contributed by atoms with Crippen LogP contribution in [-0.4, -0.2) is 17.5 Å². The minimum Gasteiger partial charge on any atom is -0.461 e. The number of hydrogen-bond donors (Lipinski definition) is 0. The third-order valence-electron chi connectivity index (χ3n) is 2.51. The van der Waals surface area contributed by atoms with E-state index in [1.807, 2.05) is 6.08 Å². The van der Waals surface area contributed by atoms with Crippen molar-refractivity contribution < 1.29 is 9.53 Å². The maximum absolute atomic E-state index is 11.1. The molecule has 2 unspecified atom stereocenters. The van der Waals surface area contributed by atoms with Gasteiger partial charge in [-0.05, 0) is 25.3 Å². The van der Waals surface area contributed by atoms with Crippen LogP contribution in [0, 0.1) is 12.3 Å². The molecule has 0 radical (unpaired) electrons. The van der Waals surface area contributed by atoms with Crippen molar-refractivity contribution >= 4 is 17.6 Å². The highest BCUT2D eigenvalue weighted by atomic mass is 35.5. The molecule has 3 heteroatoms. The van der Waals surface area contributed by atoms with Crippen LogP contribution in [0.25, 0.3) is 0 Å². The summed E-state index contributed by atoms with van der Waals surface area (Å²) in [6.07, 6.45) is 19.6. The number of halogens is 1. The number of rotatable bonds is 9. The van der Waals surface area contributed by atoms with E-state index in [2.05, 4.69) is 31.1 Å². The molecule has 0 saturated carbocycles. The van der Waals surface area contributed by atoms with E-state index < -0.39 is 0 Å². The molecule has 0 bridgehead atoms. The van der Waals surface area contributed by atoms with Crippen molar-refractivity contribution in [2.45, 2.75) is 51.0 Å². The Bertz CT molecular complexity index is 388. The van der Waals surface area contributed by atoms with Gasteiger partial charge in [0, 0.05) is 13.3 Å². The van der Waals surface area contributed by atoms with Gasteiger partial charge in [0.2, 0.25) is 0 Å². The van der Waals surface area contributed by atoms with Gasteiger partial charge in [-0.25, -0.2) is 0 Å². The quantitative estimate of drug-likeness (QED) is 0.272. The first kappa shape index (κ1) is 18.5. The highest BCUT2D eigenvalue weighted by Gasteiger charge is 2.19. The Morgan fingerprint density at radius 1 is 1.25 bits per heavy atom. The average molecular weight is 295 g/mol. The average Bonchev–Trinajstić information content (AvgIpc) is 2.41. The van der Waals surface area contributed by atoms with Crippen LogP contribution >= 0.6 is 11.6 Å². The van der Waals surface area contributed by atoms with Crippen molar-refractivity contribution in [2.24, 2.45) is 0 Å². The number of terminal acetylenes is 1. The molecule has 20 heavy (non-hydrogen) atoms. The van der Waals surface area contributed by atoms with E-state index in [-0.39, 0.29) is 17.5 Å². The topological polar surface area (TPSA) is 26.3 Å². The highest BCUT2D eigenvalue weighted by Crippen LogP contribution is 2.16. The minimum absolute atomic E-state index is 0.257. The summed E-state index contributed by atoms with van der Waals surface area (Å²) in [6, 6.07) is 0. The number of alkyl halides is 1. The lowest BCUT2D eigenvalue weighted by molar-refractivity contribution is -0.146. The molecule has 0 aromatic rings. The van der Waals surface area contributed by atoms with Gasteiger partial charge in [0.25, 0.3) is 0 Å². The molecule has 110 valence electrons. The number of carbonyl (C=O) groups is 1. The fraction of sp³-hybridized carbons (Fsp3) is 0.471. The zero-order valence-electron chi connectivity index (χ0n) is 12.2. The lowest BCUT2D eigenvalue weighted by atomic mass is 10.1. The zero-order chi connectivity index (χ0) is 15.2. The number of allylic oxidation sites excluding steroid dienone is 5. The minimum atomic E-state index is -0.352. The molecule has 0 amide bonds. The fourth-order valence-corrected chi connectivity index (χ4v) is 1.83. The molecule has 0 aromatic heterocycles. The molecule has 0 N–H and O–H groups in total. The Balaban J connectivity index is 4.28. The van der Waals surface area contributed by atoms with E-state index in [0.717, 1.165) is 12.8 Å². The van der Waals surface area contributed by atoms with Gasteiger partial charge in [-0.15, -0.1) is 18.0 Å².